The van der Waals surface area contributed by atoms with E-state index in [1.807, 2.05) is 32.0 Å². The van der Waals surface area contributed by atoms with Crippen molar-refractivity contribution in [2.75, 3.05) is 19.1 Å². The van der Waals surface area contributed by atoms with Crippen LogP contribution < -0.4 is 19.8 Å². The van der Waals surface area contributed by atoms with Crippen molar-refractivity contribution < 1.29 is 18.7 Å². The number of fused-ring (bicyclic) bond motifs is 2. The lowest BCUT2D eigenvalue weighted by Crippen LogP contribution is -2.29. The van der Waals surface area contributed by atoms with E-state index in [1.54, 1.807) is 32.4 Å². The topological polar surface area (TPSA) is 94.8 Å². The zero-order valence-electron chi connectivity index (χ0n) is 19.2. The SMILES string of the molecule is CCc1ccc2oc3c(c(=O)c2c1)C(c1ccc(OC)c(OC)c1)N(c1nnc(CC)s1)C3=O. The maximum Gasteiger partial charge on any atom is 0.297 e. The first-order valence-electron chi connectivity index (χ1n) is 11.0. The maximum atomic E-state index is 13.8. The number of carbonyl (C=O) groups is 1. The van der Waals surface area contributed by atoms with Crippen LogP contribution in [-0.4, -0.2) is 30.3 Å². The van der Waals surface area contributed by atoms with Crippen molar-refractivity contribution in [1.29, 1.82) is 0 Å². The van der Waals surface area contributed by atoms with Crippen LogP contribution in [0.25, 0.3) is 11.0 Å². The number of benzene rings is 2. The smallest absolute Gasteiger partial charge is 0.297 e. The number of anilines is 1. The average Bonchev–Trinajstić information content (AvgIpc) is 3.46. The number of carbonyl (C=O) groups excluding carboxylic acids is 1. The number of rotatable bonds is 6. The van der Waals surface area contributed by atoms with Crippen LogP contribution in [0.1, 0.15) is 52.1 Å². The van der Waals surface area contributed by atoms with Gasteiger partial charge in [0, 0.05) is 0 Å². The number of hydrogen-bond donors (Lipinski definition) is 0. The van der Waals surface area contributed by atoms with Crippen LogP contribution in [0.4, 0.5) is 5.13 Å². The summed E-state index contributed by atoms with van der Waals surface area (Å²) in [4.78, 5) is 29.0. The van der Waals surface area contributed by atoms with E-state index >= 15 is 0 Å². The van der Waals surface area contributed by atoms with Crippen molar-refractivity contribution in [1.82, 2.24) is 10.2 Å². The predicted octanol–water partition coefficient (Wildman–Crippen LogP) is 4.54. The molecule has 9 heteroatoms. The van der Waals surface area contributed by atoms with E-state index in [4.69, 9.17) is 13.9 Å². The molecule has 2 aromatic heterocycles. The monoisotopic (exact) mass is 477 g/mol. The first-order valence-corrected chi connectivity index (χ1v) is 11.8. The minimum atomic E-state index is -0.745. The summed E-state index contributed by atoms with van der Waals surface area (Å²) in [7, 11) is 3.09. The third-order valence-electron chi connectivity index (χ3n) is 6.03. The summed E-state index contributed by atoms with van der Waals surface area (Å²) < 4.78 is 16.9. The van der Waals surface area contributed by atoms with Gasteiger partial charge in [-0.05, 0) is 48.2 Å². The zero-order chi connectivity index (χ0) is 24.0. The molecular formula is C25H23N3O5S. The van der Waals surface area contributed by atoms with Crippen molar-refractivity contribution in [3.8, 4) is 11.5 Å². The van der Waals surface area contributed by atoms with Crippen molar-refractivity contribution in [2.24, 2.45) is 0 Å². The molecule has 1 amide bonds. The molecule has 0 radical (unpaired) electrons. The Morgan fingerprint density at radius 1 is 1.00 bits per heavy atom. The van der Waals surface area contributed by atoms with E-state index in [-0.39, 0.29) is 16.8 Å². The third-order valence-corrected chi connectivity index (χ3v) is 7.10. The van der Waals surface area contributed by atoms with Gasteiger partial charge < -0.3 is 13.9 Å². The molecule has 34 heavy (non-hydrogen) atoms. The third kappa shape index (κ3) is 3.35. The predicted molar refractivity (Wildman–Crippen MR) is 129 cm³/mol. The van der Waals surface area contributed by atoms with Crippen LogP contribution in [0, 0.1) is 0 Å². The lowest BCUT2D eigenvalue weighted by Gasteiger charge is -2.23. The quantitative estimate of drug-likeness (QED) is 0.402. The van der Waals surface area contributed by atoms with Crippen LogP contribution >= 0.6 is 11.3 Å². The molecule has 0 N–H and O–H groups in total. The number of hydrogen-bond acceptors (Lipinski definition) is 8. The van der Waals surface area contributed by atoms with Crippen LogP contribution in [0.15, 0.2) is 45.6 Å². The molecule has 1 atom stereocenters. The largest absolute Gasteiger partial charge is 0.493 e. The van der Waals surface area contributed by atoms with E-state index in [0.717, 1.165) is 17.0 Å². The van der Waals surface area contributed by atoms with E-state index in [2.05, 4.69) is 10.2 Å². The molecule has 0 aliphatic carbocycles. The Labute approximate surface area is 199 Å². The van der Waals surface area contributed by atoms with Gasteiger partial charge in [0.2, 0.25) is 10.9 Å². The molecule has 0 saturated heterocycles. The van der Waals surface area contributed by atoms with Gasteiger partial charge in [0.1, 0.15) is 10.6 Å². The van der Waals surface area contributed by atoms with Crippen molar-refractivity contribution >= 4 is 33.3 Å². The second-order valence-electron chi connectivity index (χ2n) is 7.88. The van der Waals surface area contributed by atoms with Crippen LogP contribution in [0.2, 0.25) is 0 Å². The lowest BCUT2D eigenvalue weighted by molar-refractivity contribution is 0.0970. The Kier molecular flexibility index (Phi) is 5.57. The summed E-state index contributed by atoms with van der Waals surface area (Å²) in [5.74, 6) is 0.636. The van der Waals surface area contributed by atoms with E-state index in [1.165, 1.54) is 16.2 Å². The number of aryl methyl sites for hydroxylation is 2. The summed E-state index contributed by atoms with van der Waals surface area (Å²) in [6, 6.07) is 10.1. The lowest BCUT2D eigenvalue weighted by atomic mass is 9.97. The molecule has 8 nitrogen and oxygen atoms in total. The molecule has 174 valence electrons. The number of methoxy groups -OCH3 is 2. The highest BCUT2D eigenvalue weighted by molar-refractivity contribution is 7.15. The average molecular weight is 478 g/mol. The highest BCUT2D eigenvalue weighted by atomic mass is 32.1. The molecule has 2 aromatic carbocycles. The number of ether oxygens (including phenoxy) is 2. The Balaban J connectivity index is 1.79. The Bertz CT molecular complexity index is 1480. The van der Waals surface area contributed by atoms with Crippen molar-refractivity contribution in [3.63, 3.8) is 0 Å². The maximum absolute atomic E-state index is 13.8. The summed E-state index contributed by atoms with van der Waals surface area (Å²) in [6.45, 7) is 3.99. The Morgan fingerprint density at radius 3 is 2.47 bits per heavy atom. The molecule has 0 fully saturated rings. The van der Waals surface area contributed by atoms with Crippen LogP contribution in [0.5, 0.6) is 11.5 Å². The second-order valence-corrected chi connectivity index (χ2v) is 8.92. The molecule has 1 aliphatic rings. The fourth-order valence-electron chi connectivity index (χ4n) is 4.26. The van der Waals surface area contributed by atoms with Gasteiger partial charge in [-0.25, -0.2) is 0 Å². The van der Waals surface area contributed by atoms with Gasteiger partial charge in [0.15, 0.2) is 16.9 Å². The minimum Gasteiger partial charge on any atom is -0.493 e. The highest BCUT2D eigenvalue weighted by Crippen LogP contribution is 2.44. The standard InChI is InChI=1S/C25H23N3O5S/c1-5-13-7-9-16-15(11-13)22(29)20-21(14-8-10-17(31-3)18(12-14)32-4)28(24(30)23(20)33-16)25-27-26-19(6-2)34-25/h7-12,21H,5-6H2,1-4H3. The molecule has 4 aromatic rings. The van der Waals surface area contributed by atoms with Gasteiger partial charge in [-0.2, -0.15) is 0 Å². The highest BCUT2D eigenvalue weighted by Gasteiger charge is 2.45. The summed E-state index contributed by atoms with van der Waals surface area (Å²) in [5.41, 5.74) is 2.12. The summed E-state index contributed by atoms with van der Waals surface area (Å²) >= 11 is 1.32. The summed E-state index contributed by atoms with van der Waals surface area (Å²) in [5, 5.41) is 10.1. The molecule has 0 spiro atoms. The molecule has 1 unspecified atom stereocenters. The fraction of sp³-hybridized carbons (Fsp3) is 0.280. The first kappa shape index (κ1) is 22.1. The number of nitrogens with zero attached hydrogens (tertiary/aromatic N) is 3. The van der Waals surface area contributed by atoms with Crippen LogP contribution in [0.3, 0.4) is 0 Å². The summed E-state index contributed by atoms with van der Waals surface area (Å²) in [6.07, 6.45) is 1.47. The zero-order valence-corrected chi connectivity index (χ0v) is 20.1. The molecule has 0 saturated carbocycles. The normalized spacial score (nSPS) is 15.1. The molecule has 1 aliphatic heterocycles. The second kappa shape index (κ2) is 8.57. The fourth-order valence-corrected chi connectivity index (χ4v) is 5.07. The Hall–Kier alpha value is -3.72. The van der Waals surface area contributed by atoms with E-state index < -0.39 is 11.9 Å². The molecular weight excluding hydrogens is 454 g/mol. The minimum absolute atomic E-state index is 0.0229. The van der Waals surface area contributed by atoms with Gasteiger partial charge >= 0.3 is 0 Å². The number of aromatic nitrogens is 2. The van der Waals surface area contributed by atoms with Crippen LogP contribution in [-0.2, 0) is 12.8 Å². The molecule has 5 rings (SSSR count). The van der Waals surface area contributed by atoms with Gasteiger partial charge in [0.05, 0.1) is 31.2 Å². The Morgan fingerprint density at radius 2 is 1.79 bits per heavy atom. The van der Waals surface area contributed by atoms with Gasteiger partial charge in [-0.1, -0.05) is 37.3 Å². The van der Waals surface area contributed by atoms with E-state index in [9.17, 15) is 9.59 Å². The van der Waals surface area contributed by atoms with Gasteiger partial charge in [-0.15, -0.1) is 10.2 Å². The van der Waals surface area contributed by atoms with Gasteiger partial charge in [0.25, 0.3) is 5.91 Å². The molecule has 3 heterocycles. The van der Waals surface area contributed by atoms with Crippen molar-refractivity contribution in [2.45, 2.75) is 32.7 Å². The van der Waals surface area contributed by atoms with E-state index in [0.29, 0.717) is 39.6 Å². The van der Waals surface area contributed by atoms with Crippen molar-refractivity contribution in [3.05, 3.63) is 74.1 Å². The molecule has 0 bridgehead atoms. The van der Waals surface area contributed by atoms with Gasteiger partial charge in [-0.3, -0.25) is 14.5 Å². The number of amides is 1. The first-order chi connectivity index (χ1) is 16.5.